The second-order valence-electron chi connectivity index (χ2n) is 10.6. The molecule has 236 valence electrons. The maximum Gasteiger partial charge on any atom is 0.264 e. The van der Waals surface area contributed by atoms with Gasteiger partial charge in [-0.1, -0.05) is 102 Å². The van der Waals surface area contributed by atoms with Crippen LogP contribution in [0.15, 0.2) is 108 Å². The van der Waals surface area contributed by atoms with E-state index in [-0.39, 0.29) is 45.5 Å². The van der Waals surface area contributed by atoms with Gasteiger partial charge >= 0.3 is 0 Å². The largest absolute Gasteiger partial charge is 0.352 e. The molecule has 0 aliphatic carbocycles. The lowest BCUT2D eigenvalue weighted by Gasteiger charge is -2.34. The van der Waals surface area contributed by atoms with Crippen molar-refractivity contribution in [1.82, 2.24) is 10.2 Å². The number of halogens is 3. The third-order valence-electron chi connectivity index (χ3n) is 7.30. The smallest absolute Gasteiger partial charge is 0.264 e. The molecule has 45 heavy (non-hydrogen) atoms. The van der Waals surface area contributed by atoms with Crippen LogP contribution in [-0.2, 0) is 32.6 Å². The molecule has 0 aliphatic heterocycles. The Morgan fingerprint density at radius 1 is 0.800 bits per heavy atom. The Hall–Kier alpha value is -3.56. The normalized spacial score (nSPS) is 12.6. The molecule has 4 rings (SSSR count). The zero-order chi connectivity index (χ0) is 32.6. The Labute approximate surface area is 279 Å². The lowest BCUT2D eigenvalue weighted by Crippen LogP contribution is -2.54. The maximum absolute atomic E-state index is 14.5. The lowest BCUT2D eigenvalue weighted by molar-refractivity contribution is -0.140. The van der Waals surface area contributed by atoms with Crippen LogP contribution in [-0.4, -0.2) is 43.8 Å². The number of hydrogen-bond donors (Lipinski definition) is 1. The van der Waals surface area contributed by atoms with Crippen molar-refractivity contribution in [1.29, 1.82) is 0 Å². The van der Waals surface area contributed by atoms with Crippen LogP contribution >= 0.6 is 34.8 Å². The van der Waals surface area contributed by atoms with E-state index in [1.807, 2.05) is 44.2 Å². The first-order valence-corrected chi connectivity index (χ1v) is 17.0. The summed E-state index contributed by atoms with van der Waals surface area (Å²) in [6, 6.07) is 27.3. The van der Waals surface area contributed by atoms with E-state index in [9.17, 15) is 18.0 Å². The highest BCUT2D eigenvalue weighted by atomic mass is 35.5. The molecule has 11 heteroatoms. The summed E-state index contributed by atoms with van der Waals surface area (Å²) >= 11 is 19.1. The fraction of sp³-hybridized carbons (Fsp3) is 0.235. The highest BCUT2D eigenvalue weighted by Gasteiger charge is 2.35. The number of anilines is 1. The van der Waals surface area contributed by atoms with Crippen LogP contribution in [0.5, 0.6) is 0 Å². The molecule has 4 aromatic rings. The summed E-state index contributed by atoms with van der Waals surface area (Å²) in [4.78, 5) is 29.8. The monoisotopic (exact) mass is 685 g/mol. The minimum Gasteiger partial charge on any atom is -0.352 e. The van der Waals surface area contributed by atoms with Gasteiger partial charge in [0.2, 0.25) is 11.8 Å². The van der Waals surface area contributed by atoms with Crippen LogP contribution in [0.1, 0.15) is 31.4 Å². The quantitative estimate of drug-likeness (QED) is 0.159. The van der Waals surface area contributed by atoms with E-state index in [0.717, 1.165) is 9.87 Å². The summed E-state index contributed by atoms with van der Waals surface area (Å²) in [6.07, 6.45) is 0.876. The summed E-state index contributed by atoms with van der Waals surface area (Å²) in [5, 5.41) is 3.79. The average molecular weight is 687 g/mol. The summed E-state index contributed by atoms with van der Waals surface area (Å²) in [5.74, 6) is -0.979. The van der Waals surface area contributed by atoms with Crippen LogP contribution in [0.2, 0.25) is 15.1 Å². The molecule has 0 heterocycles. The number of nitrogens with zero attached hydrogens (tertiary/aromatic N) is 2. The highest BCUT2D eigenvalue weighted by molar-refractivity contribution is 7.92. The van der Waals surface area contributed by atoms with Crippen molar-refractivity contribution in [3.63, 3.8) is 0 Å². The molecule has 1 N–H and O–H groups in total. The van der Waals surface area contributed by atoms with Gasteiger partial charge in [-0.15, -0.1) is 0 Å². The van der Waals surface area contributed by atoms with Gasteiger partial charge in [0, 0.05) is 29.1 Å². The first-order chi connectivity index (χ1) is 21.5. The summed E-state index contributed by atoms with van der Waals surface area (Å²) in [7, 11) is -4.31. The molecule has 0 aliphatic rings. The van der Waals surface area contributed by atoms with Gasteiger partial charge < -0.3 is 10.2 Å². The number of sulfonamides is 1. The van der Waals surface area contributed by atoms with Crippen molar-refractivity contribution in [2.45, 2.75) is 50.2 Å². The second-order valence-corrected chi connectivity index (χ2v) is 13.7. The third kappa shape index (κ3) is 9.01. The summed E-state index contributed by atoms with van der Waals surface area (Å²) < 4.78 is 29.1. The Balaban J connectivity index is 1.83. The molecule has 0 bridgehead atoms. The number of rotatable bonds is 13. The van der Waals surface area contributed by atoms with Crippen LogP contribution in [0, 0.1) is 0 Å². The van der Waals surface area contributed by atoms with Gasteiger partial charge in [-0.3, -0.25) is 13.9 Å². The molecule has 0 unspecified atom stereocenters. The Bertz CT molecular complexity index is 1720. The van der Waals surface area contributed by atoms with E-state index < -0.39 is 28.5 Å². The third-order valence-corrected chi connectivity index (χ3v) is 9.86. The number of amides is 2. The molecule has 0 saturated heterocycles. The second kappa shape index (κ2) is 15.6. The van der Waals surface area contributed by atoms with Crippen molar-refractivity contribution in [2.24, 2.45) is 0 Å². The zero-order valence-electron chi connectivity index (χ0n) is 24.9. The summed E-state index contributed by atoms with van der Waals surface area (Å²) in [6.45, 7) is 3.18. The van der Waals surface area contributed by atoms with E-state index in [1.165, 1.54) is 35.2 Å². The van der Waals surface area contributed by atoms with E-state index >= 15 is 0 Å². The minimum absolute atomic E-state index is 0.00662. The summed E-state index contributed by atoms with van der Waals surface area (Å²) in [5.41, 5.74) is 1.54. The van der Waals surface area contributed by atoms with Gasteiger partial charge in [-0.25, -0.2) is 8.42 Å². The number of benzene rings is 4. The molecule has 0 radical (unpaired) electrons. The van der Waals surface area contributed by atoms with Gasteiger partial charge in [0.15, 0.2) is 0 Å². The van der Waals surface area contributed by atoms with Crippen molar-refractivity contribution in [3.05, 3.63) is 129 Å². The fourth-order valence-corrected chi connectivity index (χ4v) is 6.83. The predicted molar refractivity (Wildman–Crippen MR) is 181 cm³/mol. The molecule has 0 aromatic heterocycles. The van der Waals surface area contributed by atoms with Gasteiger partial charge in [-0.2, -0.15) is 0 Å². The van der Waals surface area contributed by atoms with Crippen molar-refractivity contribution < 1.29 is 18.0 Å². The lowest BCUT2D eigenvalue weighted by atomic mass is 10.0. The minimum atomic E-state index is -4.31. The fourth-order valence-electron chi connectivity index (χ4n) is 4.74. The molecule has 4 aromatic carbocycles. The highest BCUT2D eigenvalue weighted by Crippen LogP contribution is 2.33. The molecule has 2 amide bonds. The molecular weight excluding hydrogens is 653 g/mol. The van der Waals surface area contributed by atoms with E-state index in [4.69, 9.17) is 34.8 Å². The average Bonchev–Trinajstić information content (AvgIpc) is 3.03. The topological polar surface area (TPSA) is 86.8 Å². The molecule has 0 fully saturated rings. The van der Waals surface area contributed by atoms with Crippen molar-refractivity contribution in [3.8, 4) is 0 Å². The first kappa shape index (κ1) is 34.3. The van der Waals surface area contributed by atoms with Crippen LogP contribution in [0.3, 0.4) is 0 Å². The maximum atomic E-state index is 14.5. The van der Waals surface area contributed by atoms with Crippen molar-refractivity contribution >= 4 is 62.3 Å². The molecule has 7 nitrogen and oxygen atoms in total. The van der Waals surface area contributed by atoms with Crippen LogP contribution < -0.4 is 9.62 Å². The van der Waals surface area contributed by atoms with Gasteiger partial charge in [0.05, 0.1) is 15.6 Å². The van der Waals surface area contributed by atoms with Crippen molar-refractivity contribution in [2.75, 3.05) is 10.8 Å². The molecule has 0 spiro atoms. The molecule has 0 saturated carbocycles. The van der Waals surface area contributed by atoms with Crippen LogP contribution in [0.25, 0.3) is 0 Å². The number of carbonyl (C=O) groups excluding carboxylic acids is 2. The van der Waals surface area contributed by atoms with E-state index in [2.05, 4.69) is 5.32 Å². The zero-order valence-corrected chi connectivity index (χ0v) is 28.0. The molecular formula is C34H34Cl3N3O4S. The van der Waals surface area contributed by atoms with Crippen LogP contribution in [0.4, 0.5) is 5.69 Å². The Morgan fingerprint density at radius 2 is 1.42 bits per heavy atom. The van der Waals surface area contributed by atoms with E-state index in [0.29, 0.717) is 17.0 Å². The Morgan fingerprint density at radius 3 is 2.07 bits per heavy atom. The number of nitrogens with one attached hydrogen (secondary N) is 1. The number of carbonyl (C=O) groups is 2. The van der Waals surface area contributed by atoms with Gasteiger partial charge in [-0.05, 0) is 66.9 Å². The van der Waals surface area contributed by atoms with Gasteiger partial charge in [0.25, 0.3) is 10.0 Å². The first-order valence-electron chi connectivity index (χ1n) is 14.4. The predicted octanol–water partition coefficient (Wildman–Crippen LogP) is 7.40. The standard InChI is InChI=1S/C34H34Cl3N3O4S/c1-3-24(2)38-34(42)32(20-25-11-6-4-7-12-25)39(22-26-13-10-14-27(35)19-26)33(41)23-40(31-21-28(36)17-18-30(31)37)45(43,44)29-15-8-5-9-16-29/h4-19,21,24,32H,3,20,22-23H2,1-2H3,(H,38,42)/t24-,32-/m0/s1. The number of hydrogen-bond acceptors (Lipinski definition) is 4. The van der Waals surface area contributed by atoms with E-state index in [1.54, 1.807) is 42.5 Å². The van der Waals surface area contributed by atoms with Gasteiger partial charge in [0.1, 0.15) is 12.6 Å². The SMILES string of the molecule is CC[C@H](C)NC(=O)[C@H](Cc1ccccc1)N(Cc1cccc(Cl)c1)C(=O)CN(c1cc(Cl)ccc1Cl)S(=O)(=O)c1ccccc1. The Kier molecular flexibility index (Phi) is 11.9. The molecule has 2 atom stereocenters.